The number of likely N-dealkylation sites (N-methyl/N-ethyl adjacent to an activating group) is 1. The van der Waals surface area contributed by atoms with Crippen molar-refractivity contribution in [2.75, 3.05) is 40.9 Å². The van der Waals surface area contributed by atoms with Gasteiger partial charge in [0.2, 0.25) is 5.91 Å². The van der Waals surface area contributed by atoms with Crippen LogP contribution in [-0.4, -0.2) is 73.4 Å². The fourth-order valence-corrected chi connectivity index (χ4v) is 8.97. The summed E-state index contributed by atoms with van der Waals surface area (Å²) >= 11 is 0. The van der Waals surface area contributed by atoms with Crippen LogP contribution in [0.25, 0.3) is 0 Å². The number of amides is 1. The van der Waals surface area contributed by atoms with Gasteiger partial charge in [0.05, 0.1) is 39.9 Å². The molecular formula is C56H110N2O6P+. The summed E-state index contributed by atoms with van der Waals surface area (Å²) in [7, 11) is 1.62. The van der Waals surface area contributed by atoms with Crippen LogP contribution in [0.4, 0.5) is 0 Å². The van der Waals surface area contributed by atoms with Crippen LogP contribution in [0, 0.1) is 0 Å². The average Bonchev–Trinajstić information content (AvgIpc) is 3.26. The van der Waals surface area contributed by atoms with Gasteiger partial charge >= 0.3 is 7.82 Å². The minimum absolute atomic E-state index is 0.0757. The number of phosphoric ester groups is 1. The number of hydrogen-bond acceptors (Lipinski definition) is 5. The van der Waals surface area contributed by atoms with Crippen molar-refractivity contribution < 1.29 is 32.9 Å². The number of rotatable bonds is 51. The van der Waals surface area contributed by atoms with Gasteiger partial charge in [-0.1, -0.05) is 243 Å². The quantitative estimate of drug-likeness (QED) is 0.0243. The maximum atomic E-state index is 12.9. The predicted octanol–water partition coefficient (Wildman–Crippen LogP) is 16.6. The monoisotopic (exact) mass is 938 g/mol. The molecule has 0 heterocycles. The molecule has 3 unspecified atom stereocenters. The second kappa shape index (κ2) is 47.8. The molecule has 3 atom stereocenters. The summed E-state index contributed by atoms with van der Waals surface area (Å²) < 4.78 is 23.7. The summed E-state index contributed by atoms with van der Waals surface area (Å²) in [6, 6.07) is -0.757. The Morgan fingerprint density at radius 3 is 1.28 bits per heavy atom. The molecule has 384 valence electrons. The van der Waals surface area contributed by atoms with E-state index in [0.29, 0.717) is 23.9 Å². The number of carbonyl (C=O) groups excluding carboxylic acids is 1. The largest absolute Gasteiger partial charge is 0.472 e. The maximum Gasteiger partial charge on any atom is 0.472 e. The standard InChI is InChI=1S/C56H109N2O6P/c1-6-8-10-12-14-16-18-19-20-21-22-23-24-25-26-27-28-29-30-31-32-33-34-35-36-37-38-39-40-42-44-46-48-50-56(60)57-54(53-64-65(61,62)63-52-51-58(3,4)5)55(59)49-47-45-43-41-17-15-13-11-9-7-2/h18-19,21-22,24-25,54-55,59H,6-17,20,23,26-53H2,1-5H3,(H-,57,60,61,62)/p+1/b19-18-,22-21-,25-24-. The van der Waals surface area contributed by atoms with Gasteiger partial charge < -0.3 is 19.8 Å². The molecule has 0 aliphatic rings. The number of carbonyl (C=O) groups is 1. The van der Waals surface area contributed by atoms with Gasteiger partial charge in [0, 0.05) is 6.42 Å². The smallest absolute Gasteiger partial charge is 0.391 e. The van der Waals surface area contributed by atoms with E-state index in [2.05, 4.69) is 55.6 Å². The summed E-state index contributed by atoms with van der Waals surface area (Å²) in [6.07, 6.45) is 60.7. The van der Waals surface area contributed by atoms with Crippen LogP contribution in [0.15, 0.2) is 36.5 Å². The number of hydrogen-bond donors (Lipinski definition) is 3. The molecule has 8 nitrogen and oxygen atoms in total. The number of phosphoric acid groups is 1. The topological polar surface area (TPSA) is 105 Å². The van der Waals surface area contributed by atoms with Crippen LogP contribution in [0.2, 0.25) is 0 Å². The van der Waals surface area contributed by atoms with Crippen LogP contribution >= 0.6 is 7.82 Å². The molecule has 0 saturated carbocycles. The van der Waals surface area contributed by atoms with E-state index in [1.54, 1.807) is 0 Å². The van der Waals surface area contributed by atoms with Crippen molar-refractivity contribution in [3.05, 3.63) is 36.5 Å². The van der Waals surface area contributed by atoms with Gasteiger partial charge in [-0.05, 0) is 51.4 Å². The van der Waals surface area contributed by atoms with Crippen molar-refractivity contribution in [1.82, 2.24) is 5.32 Å². The van der Waals surface area contributed by atoms with E-state index in [9.17, 15) is 19.4 Å². The Morgan fingerprint density at radius 2 is 0.877 bits per heavy atom. The Balaban J connectivity index is 3.94. The summed E-state index contributed by atoms with van der Waals surface area (Å²) in [6.45, 7) is 4.87. The predicted molar refractivity (Wildman–Crippen MR) is 281 cm³/mol. The highest BCUT2D eigenvalue weighted by Crippen LogP contribution is 2.43. The fraction of sp³-hybridized carbons (Fsp3) is 0.875. The lowest BCUT2D eigenvalue weighted by molar-refractivity contribution is -0.870. The minimum Gasteiger partial charge on any atom is -0.391 e. The molecule has 0 fully saturated rings. The highest BCUT2D eigenvalue weighted by atomic mass is 31.2. The summed E-state index contributed by atoms with van der Waals surface area (Å²) in [5.41, 5.74) is 0. The molecule has 0 aromatic heterocycles. The number of allylic oxidation sites excluding steroid dienone is 6. The van der Waals surface area contributed by atoms with Crippen LogP contribution < -0.4 is 5.32 Å². The van der Waals surface area contributed by atoms with Crippen molar-refractivity contribution in [2.45, 2.75) is 276 Å². The highest BCUT2D eigenvalue weighted by molar-refractivity contribution is 7.47. The first-order valence-electron chi connectivity index (χ1n) is 27.9. The molecule has 0 aromatic carbocycles. The first-order chi connectivity index (χ1) is 31.5. The third-order valence-corrected chi connectivity index (χ3v) is 13.6. The zero-order chi connectivity index (χ0) is 47.8. The SMILES string of the molecule is CCCCCCC/C=C\C/C=C\C/C=C\CCCCCCCCCCCCCCCCCCCCC(=O)NC(COP(=O)(O)OCC[N+](C)(C)C)C(O)CCCCCCCCCCCC. The Labute approximate surface area is 404 Å². The lowest BCUT2D eigenvalue weighted by Gasteiger charge is -2.26. The molecule has 0 aromatic rings. The zero-order valence-corrected chi connectivity index (χ0v) is 44.6. The molecule has 0 aliphatic carbocycles. The van der Waals surface area contributed by atoms with Gasteiger partial charge in [-0.15, -0.1) is 0 Å². The Bertz CT molecular complexity index is 1150. The summed E-state index contributed by atoms with van der Waals surface area (Å²) in [5.74, 6) is -0.143. The molecule has 65 heavy (non-hydrogen) atoms. The lowest BCUT2D eigenvalue weighted by Crippen LogP contribution is -2.46. The Hall–Kier alpha value is -1.28. The summed E-state index contributed by atoms with van der Waals surface area (Å²) in [4.78, 5) is 23.2. The third-order valence-electron chi connectivity index (χ3n) is 12.6. The zero-order valence-electron chi connectivity index (χ0n) is 43.7. The van der Waals surface area contributed by atoms with E-state index >= 15 is 0 Å². The molecule has 0 saturated heterocycles. The first kappa shape index (κ1) is 63.7. The van der Waals surface area contributed by atoms with Gasteiger partial charge in [-0.3, -0.25) is 13.8 Å². The normalized spacial score (nSPS) is 14.3. The van der Waals surface area contributed by atoms with Crippen molar-refractivity contribution in [2.24, 2.45) is 0 Å². The minimum atomic E-state index is -4.31. The first-order valence-corrected chi connectivity index (χ1v) is 29.3. The van der Waals surface area contributed by atoms with E-state index in [1.807, 2.05) is 21.1 Å². The van der Waals surface area contributed by atoms with E-state index in [4.69, 9.17) is 9.05 Å². The molecule has 0 aliphatic heterocycles. The molecule has 9 heteroatoms. The van der Waals surface area contributed by atoms with Crippen molar-refractivity contribution in [1.29, 1.82) is 0 Å². The van der Waals surface area contributed by atoms with Crippen molar-refractivity contribution >= 4 is 13.7 Å². The average molecular weight is 938 g/mol. The lowest BCUT2D eigenvalue weighted by atomic mass is 10.0. The van der Waals surface area contributed by atoms with Gasteiger partial charge in [0.1, 0.15) is 13.2 Å². The van der Waals surface area contributed by atoms with E-state index in [-0.39, 0.29) is 19.1 Å². The number of aliphatic hydroxyl groups excluding tert-OH is 1. The summed E-state index contributed by atoms with van der Waals surface area (Å²) in [5, 5.41) is 14.0. The van der Waals surface area contributed by atoms with E-state index in [1.165, 1.54) is 186 Å². The molecule has 0 rings (SSSR count). The Morgan fingerprint density at radius 1 is 0.523 bits per heavy atom. The fourth-order valence-electron chi connectivity index (χ4n) is 8.23. The van der Waals surface area contributed by atoms with E-state index < -0.39 is 20.0 Å². The second-order valence-electron chi connectivity index (χ2n) is 20.3. The molecule has 3 N–H and O–H groups in total. The van der Waals surface area contributed by atoms with Crippen molar-refractivity contribution in [3.8, 4) is 0 Å². The molecule has 0 bridgehead atoms. The molecule has 0 spiro atoms. The third kappa shape index (κ3) is 50.4. The highest BCUT2D eigenvalue weighted by Gasteiger charge is 2.28. The molecular weight excluding hydrogens is 828 g/mol. The van der Waals surface area contributed by atoms with Crippen LogP contribution in [0.5, 0.6) is 0 Å². The van der Waals surface area contributed by atoms with Crippen molar-refractivity contribution in [3.63, 3.8) is 0 Å². The number of nitrogens with zero attached hydrogens (tertiary/aromatic N) is 1. The Kier molecular flexibility index (Phi) is 46.8. The maximum absolute atomic E-state index is 12.9. The van der Waals surface area contributed by atoms with Crippen LogP contribution in [0.3, 0.4) is 0 Å². The number of unbranched alkanes of at least 4 members (excludes halogenated alkanes) is 32. The number of aliphatic hydroxyl groups is 1. The second-order valence-corrected chi connectivity index (χ2v) is 21.8. The molecule has 1 amide bonds. The number of nitrogens with one attached hydrogen (secondary N) is 1. The van der Waals surface area contributed by atoms with Gasteiger partial charge in [0.25, 0.3) is 0 Å². The molecule has 0 radical (unpaired) electrons. The van der Waals surface area contributed by atoms with Gasteiger partial charge in [0.15, 0.2) is 0 Å². The van der Waals surface area contributed by atoms with Crippen LogP contribution in [0.1, 0.15) is 264 Å². The van der Waals surface area contributed by atoms with Crippen LogP contribution in [-0.2, 0) is 18.4 Å². The number of quaternary nitrogens is 1. The van der Waals surface area contributed by atoms with E-state index in [0.717, 1.165) is 51.4 Å². The van der Waals surface area contributed by atoms with Gasteiger partial charge in [-0.2, -0.15) is 0 Å². The van der Waals surface area contributed by atoms with Gasteiger partial charge in [-0.25, -0.2) is 4.57 Å².